The summed E-state index contributed by atoms with van der Waals surface area (Å²) < 4.78 is 22.5. The number of pyridine rings is 1. The summed E-state index contributed by atoms with van der Waals surface area (Å²) in [5, 5.41) is 2.71. The van der Waals surface area contributed by atoms with Gasteiger partial charge in [-0.1, -0.05) is 0 Å². The zero-order valence-corrected chi connectivity index (χ0v) is 13.8. The van der Waals surface area contributed by atoms with Crippen LogP contribution in [-0.2, 0) is 7.05 Å². The molecule has 0 aliphatic carbocycles. The molecular weight excluding hydrogens is 343 g/mol. The third-order valence-corrected chi connectivity index (χ3v) is 4.79. The summed E-state index contributed by atoms with van der Waals surface area (Å²) in [6, 6.07) is 7.41. The molecule has 0 aliphatic heterocycles. The van der Waals surface area contributed by atoms with Crippen LogP contribution in [-0.4, -0.2) is 14.5 Å². The van der Waals surface area contributed by atoms with E-state index in [-0.39, 0.29) is 11.4 Å². The second kappa shape index (κ2) is 6.06. The standard InChI is InChI=1S/C17H11FN4O2S/c1-22-7-6-20-17(22)15-9-12-16(25-15)14(4-5-19-12)24-13-3-2-10(21-23)8-11(13)18/h2-9H,1H3. The van der Waals surface area contributed by atoms with Crippen molar-refractivity contribution in [3.05, 3.63) is 59.6 Å². The molecule has 0 saturated heterocycles. The smallest absolute Gasteiger partial charge is 0.167 e. The number of nitrogens with zero attached hydrogens (tertiary/aromatic N) is 4. The summed E-state index contributed by atoms with van der Waals surface area (Å²) in [6.07, 6.45) is 5.19. The molecule has 0 fully saturated rings. The SMILES string of the molecule is Cn1ccnc1-c1cc2nccc(Oc3ccc(N=O)cc3F)c2s1. The highest BCUT2D eigenvalue weighted by molar-refractivity contribution is 7.22. The molecular formula is C17H11FN4O2S. The fourth-order valence-electron chi connectivity index (χ4n) is 2.46. The van der Waals surface area contributed by atoms with Crippen molar-refractivity contribution in [1.82, 2.24) is 14.5 Å². The van der Waals surface area contributed by atoms with Crippen LogP contribution in [0.25, 0.3) is 20.9 Å². The van der Waals surface area contributed by atoms with E-state index >= 15 is 0 Å². The molecule has 0 spiro atoms. The van der Waals surface area contributed by atoms with Crippen LogP contribution < -0.4 is 4.74 Å². The second-order valence-corrected chi connectivity index (χ2v) is 6.36. The lowest BCUT2D eigenvalue weighted by atomic mass is 10.3. The summed E-state index contributed by atoms with van der Waals surface area (Å²) in [6.45, 7) is 0. The first-order chi connectivity index (χ1) is 12.2. The van der Waals surface area contributed by atoms with Crippen LogP contribution in [0.2, 0.25) is 0 Å². The summed E-state index contributed by atoms with van der Waals surface area (Å²) in [4.78, 5) is 20.1. The van der Waals surface area contributed by atoms with Crippen molar-refractivity contribution in [2.24, 2.45) is 12.2 Å². The molecule has 3 aromatic heterocycles. The Balaban J connectivity index is 1.76. The van der Waals surface area contributed by atoms with Gasteiger partial charge in [0.25, 0.3) is 0 Å². The number of hydrogen-bond acceptors (Lipinski definition) is 6. The maximum absolute atomic E-state index is 14.1. The zero-order valence-electron chi connectivity index (χ0n) is 13.0. The van der Waals surface area contributed by atoms with E-state index in [2.05, 4.69) is 15.1 Å². The lowest BCUT2D eigenvalue weighted by Crippen LogP contribution is -1.88. The third kappa shape index (κ3) is 2.76. The number of fused-ring (bicyclic) bond motifs is 1. The van der Waals surface area contributed by atoms with Gasteiger partial charge in [0, 0.05) is 37.8 Å². The second-order valence-electron chi connectivity index (χ2n) is 5.30. The number of benzene rings is 1. The molecule has 0 unspecified atom stereocenters. The van der Waals surface area contributed by atoms with E-state index in [1.165, 1.54) is 23.5 Å². The van der Waals surface area contributed by atoms with Gasteiger partial charge in [-0.2, -0.15) is 0 Å². The van der Waals surface area contributed by atoms with Gasteiger partial charge in [-0.05, 0) is 23.4 Å². The summed E-state index contributed by atoms with van der Waals surface area (Å²) >= 11 is 1.47. The van der Waals surface area contributed by atoms with Gasteiger partial charge in [-0.25, -0.2) is 9.37 Å². The molecule has 1 aromatic carbocycles. The highest BCUT2D eigenvalue weighted by Crippen LogP contribution is 2.39. The molecule has 0 amide bonds. The number of aryl methyl sites for hydroxylation is 1. The van der Waals surface area contributed by atoms with Gasteiger partial charge in [-0.3, -0.25) is 4.98 Å². The van der Waals surface area contributed by atoms with Gasteiger partial charge in [-0.15, -0.1) is 16.2 Å². The predicted octanol–water partition coefficient (Wildman–Crippen LogP) is 5.03. The molecule has 6 nitrogen and oxygen atoms in total. The molecule has 4 rings (SSSR count). The van der Waals surface area contributed by atoms with E-state index in [1.807, 2.05) is 23.9 Å². The number of rotatable bonds is 4. The van der Waals surface area contributed by atoms with Crippen LogP contribution in [0.5, 0.6) is 11.5 Å². The Morgan fingerprint density at radius 1 is 1.16 bits per heavy atom. The van der Waals surface area contributed by atoms with Crippen molar-refractivity contribution in [3.63, 3.8) is 0 Å². The summed E-state index contributed by atoms with van der Waals surface area (Å²) in [7, 11) is 1.91. The van der Waals surface area contributed by atoms with E-state index in [0.717, 1.165) is 27.0 Å². The molecule has 0 N–H and O–H groups in total. The van der Waals surface area contributed by atoms with Crippen molar-refractivity contribution < 1.29 is 9.13 Å². The Bertz CT molecular complexity index is 1090. The highest BCUT2D eigenvalue weighted by atomic mass is 32.1. The minimum absolute atomic E-state index is 0.0120. The van der Waals surface area contributed by atoms with Crippen LogP contribution in [0.15, 0.2) is 54.1 Å². The number of nitroso groups, excluding NO2 is 1. The first-order valence-corrected chi connectivity index (χ1v) is 8.14. The normalized spacial score (nSPS) is 11.0. The summed E-state index contributed by atoms with van der Waals surface area (Å²) in [5.41, 5.74) is 0.755. The van der Waals surface area contributed by atoms with Crippen LogP contribution >= 0.6 is 11.3 Å². The van der Waals surface area contributed by atoms with E-state index < -0.39 is 5.82 Å². The lowest BCUT2D eigenvalue weighted by molar-refractivity contribution is 0.447. The van der Waals surface area contributed by atoms with Gasteiger partial charge in [0.1, 0.15) is 17.3 Å². The minimum atomic E-state index is -0.650. The van der Waals surface area contributed by atoms with Crippen LogP contribution in [0.4, 0.5) is 10.1 Å². The number of thiophene rings is 1. The van der Waals surface area contributed by atoms with Gasteiger partial charge < -0.3 is 9.30 Å². The quantitative estimate of drug-likeness (QED) is 0.482. The van der Waals surface area contributed by atoms with Crippen molar-refractivity contribution in [2.45, 2.75) is 0 Å². The number of ether oxygens (including phenoxy) is 1. The average molecular weight is 354 g/mol. The number of halogens is 1. The molecule has 0 radical (unpaired) electrons. The highest BCUT2D eigenvalue weighted by Gasteiger charge is 2.14. The largest absolute Gasteiger partial charge is 0.453 e. The summed E-state index contributed by atoms with van der Waals surface area (Å²) in [5.74, 6) is 0.678. The Labute approximate surface area is 145 Å². The molecule has 0 atom stereocenters. The first-order valence-electron chi connectivity index (χ1n) is 7.33. The average Bonchev–Trinajstić information content (AvgIpc) is 3.22. The lowest BCUT2D eigenvalue weighted by Gasteiger charge is -2.07. The van der Waals surface area contributed by atoms with E-state index in [0.29, 0.717) is 5.75 Å². The maximum Gasteiger partial charge on any atom is 0.167 e. The van der Waals surface area contributed by atoms with Gasteiger partial charge >= 0.3 is 0 Å². The van der Waals surface area contributed by atoms with Crippen molar-refractivity contribution in [3.8, 4) is 22.2 Å². The molecule has 25 heavy (non-hydrogen) atoms. The zero-order chi connectivity index (χ0) is 17.4. The van der Waals surface area contributed by atoms with Gasteiger partial charge in [0.05, 0.1) is 15.1 Å². The molecule has 0 aliphatic rings. The third-order valence-electron chi connectivity index (χ3n) is 3.66. The molecule has 124 valence electrons. The van der Waals surface area contributed by atoms with E-state index in [1.54, 1.807) is 18.5 Å². The Kier molecular flexibility index (Phi) is 3.73. The van der Waals surface area contributed by atoms with Gasteiger partial charge in [0.2, 0.25) is 0 Å². The predicted molar refractivity (Wildman–Crippen MR) is 93.8 cm³/mol. The molecule has 0 bridgehead atoms. The number of hydrogen-bond donors (Lipinski definition) is 0. The monoisotopic (exact) mass is 354 g/mol. The Morgan fingerprint density at radius 3 is 2.76 bits per heavy atom. The van der Waals surface area contributed by atoms with Crippen LogP contribution in [0.1, 0.15) is 0 Å². The number of aromatic nitrogens is 3. The van der Waals surface area contributed by atoms with Crippen molar-refractivity contribution in [1.29, 1.82) is 0 Å². The maximum atomic E-state index is 14.1. The van der Waals surface area contributed by atoms with Crippen LogP contribution in [0, 0.1) is 10.7 Å². The molecule has 4 aromatic rings. The topological polar surface area (TPSA) is 69.4 Å². The Morgan fingerprint density at radius 2 is 2.04 bits per heavy atom. The van der Waals surface area contributed by atoms with Crippen molar-refractivity contribution >= 4 is 27.2 Å². The number of imidazole rings is 1. The van der Waals surface area contributed by atoms with Crippen molar-refractivity contribution in [2.75, 3.05) is 0 Å². The minimum Gasteiger partial charge on any atom is -0.453 e. The van der Waals surface area contributed by atoms with E-state index in [9.17, 15) is 9.30 Å². The molecule has 3 heterocycles. The van der Waals surface area contributed by atoms with Gasteiger partial charge in [0.15, 0.2) is 11.6 Å². The van der Waals surface area contributed by atoms with E-state index in [4.69, 9.17) is 4.74 Å². The Hall–Kier alpha value is -3.13. The molecule has 0 saturated carbocycles. The fourth-order valence-corrected chi connectivity index (χ4v) is 3.56. The first kappa shape index (κ1) is 15.4. The van der Waals surface area contributed by atoms with Crippen LogP contribution in [0.3, 0.4) is 0 Å². The fraction of sp³-hybridized carbons (Fsp3) is 0.0588. The molecule has 8 heteroatoms.